The fourth-order valence-electron chi connectivity index (χ4n) is 2.35. The van der Waals surface area contributed by atoms with E-state index in [2.05, 4.69) is 22.4 Å². The largest absolute Gasteiger partial charge is 0.349 e. The Morgan fingerprint density at radius 3 is 2.91 bits per heavy atom. The number of carbonyl (C=O) groups excluding carboxylic acids is 1. The van der Waals surface area contributed by atoms with E-state index in [9.17, 15) is 4.79 Å². The number of para-hydroxylation sites is 1. The number of thiophene rings is 1. The third-order valence-corrected chi connectivity index (χ3v) is 5.63. The average molecular weight is 330 g/mol. The Labute approximate surface area is 138 Å². The van der Waals surface area contributed by atoms with Crippen molar-refractivity contribution in [2.24, 2.45) is 0 Å². The van der Waals surface area contributed by atoms with Gasteiger partial charge in [0.15, 0.2) is 0 Å². The molecule has 0 aliphatic carbocycles. The van der Waals surface area contributed by atoms with E-state index in [1.807, 2.05) is 36.6 Å². The topological polar surface area (TPSA) is 42.0 Å². The molecular formula is C17H18N2OS2. The standard InChI is InChI=1S/C17H18N2OS2/c1-12(14-8-5-11-21-14)18-16(20)9-4-10-17-19-13-6-2-3-7-15(13)22-17/h2-3,5-8,11-12H,4,9-10H2,1H3,(H,18,20). The van der Waals surface area contributed by atoms with E-state index in [0.29, 0.717) is 6.42 Å². The van der Waals surface area contributed by atoms with Crippen molar-refractivity contribution in [2.75, 3.05) is 0 Å². The van der Waals surface area contributed by atoms with Crippen LogP contribution in [0.5, 0.6) is 0 Å². The summed E-state index contributed by atoms with van der Waals surface area (Å²) in [6.45, 7) is 2.03. The second-order valence-corrected chi connectivity index (χ2v) is 7.33. The molecule has 2 heterocycles. The molecule has 3 aromatic rings. The molecule has 1 aromatic carbocycles. The molecule has 114 valence electrons. The normalized spacial score (nSPS) is 12.4. The summed E-state index contributed by atoms with van der Waals surface area (Å²) in [7, 11) is 0. The summed E-state index contributed by atoms with van der Waals surface area (Å²) in [6.07, 6.45) is 2.24. The predicted octanol–water partition coefficient (Wildman–Crippen LogP) is 4.56. The van der Waals surface area contributed by atoms with Gasteiger partial charge in [-0.15, -0.1) is 22.7 Å². The van der Waals surface area contributed by atoms with Gasteiger partial charge in [-0.25, -0.2) is 4.98 Å². The van der Waals surface area contributed by atoms with Gasteiger partial charge in [-0.3, -0.25) is 4.79 Å². The average Bonchev–Trinajstić information content (AvgIpc) is 3.16. The molecule has 1 unspecified atom stereocenters. The van der Waals surface area contributed by atoms with Crippen molar-refractivity contribution in [3.8, 4) is 0 Å². The summed E-state index contributed by atoms with van der Waals surface area (Å²) < 4.78 is 1.22. The van der Waals surface area contributed by atoms with Gasteiger partial charge in [-0.1, -0.05) is 18.2 Å². The van der Waals surface area contributed by atoms with E-state index in [1.54, 1.807) is 22.7 Å². The third-order valence-electron chi connectivity index (χ3n) is 3.48. The monoisotopic (exact) mass is 330 g/mol. The second-order valence-electron chi connectivity index (χ2n) is 5.23. The number of thiazole rings is 1. The van der Waals surface area contributed by atoms with Crippen LogP contribution in [0.15, 0.2) is 41.8 Å². The van der Waals surface area contributed by atoms with Crippen LogP contribution in [-0.4, -0.2) is 10.9 Å². The molecule has 1 amide bonds. The molecule has 0 fully saturated rings. The highest BCUT2D eigenvalue weighted by molar-refractivity contribution is 7.18. The van der Waals surface area contributed by atoms with Crippen molar-refractivity contribution >= 4 is 38.8 Å². The quantitative estimate of drug-likeness (QED) is 0.720. The van der Waals surface area contributed by atoms with Gasteiger partial charge >= 0.3 is 0 Å². The maximum Gasteiger partial charge on any atom is 0.220 e. The van der Waals surface area contributed by atoms with Crippen molar-refractivity contribution in [2.45, 2.75) is 32.2 Å². The van der Waals surface area contributed by atoms with Crippen LogP contribution in [0.2, 0.25) is 0 Å². The van der Waals surface area contributed by atoms with Crippen molar-refractivity contribution in [3.05, 3.63) is 51.7 Å². The van der Waals surface area contributed by atoms with Crippen molar-refractivity contribution in [1.82, 2.24) is 10.3 Å². The van der Waals surface area contributed by atoms with Crippen LogP contribution in [0, 0.1) is 0 Å². The number of rotatable bonds is 6. The van der Waals surface area contributed by atoms with Crippen LogP contribution in [-0.2, 0) is 11.2 Å². The Kier molecular flexibility index (Phi) is 4.85. The first-order valence-electron chi connectivity index (χ1n) is 7.39. The third kappa shape index (κ3) is 3.72. The fraction of sp³-hybridized carbons (Fsp3) is 0.294. The lowest BCUT2D eigenvalue weighted by Gasteiger charge is -2.11. The number of benzene rings is 1. The van der Waals surface area contributed by atoms with Crippen LogP contribution in [0.4, 0.5) is 0 Å². The van der Waals surface area contributed by atoms with E-state index in [1.165, 1.54) is 9.58 Å². The zero-order valence-corrected chi connectivity index (χ0v) is 14.0. The molecule has 0 radical (unpaired) electrons. The first kappa shape index (κ1) is 15.2. The number of nitrogens with zero attached hydrogens (tertiary/aromatic N) is 1. The minimum atomic E-state index is 0.0925. The number of nitrogens with one attached hydrogen (secondary N) is 1. The highest BCUT2D eigenvalue weighted by Gasteiger charge is 2.10. The SMILES string of the molecule is CC(NC(=O)CCCc1nc2ccccc2s1)c1cccs1. The molecule has 1 atom stereocenters. The summed E-state index contributed by atoms with van der Waals surface area (Å²) in [6, 6.07) is 12.3. The van der Waals surface area contributed by atoms with Gasteiger partial charge in [-0.2, -0.15) is 0 Å². The van der Waals surface area contributed by atoms with Crippen molar-refractivity contribution in [3.63, 3.8) is 0 Å². The van der Waals surface area contributed by atoms with Crippen LogP contribution < -0.4 is 5.32 Å². The zero-order valence-electron chi connectivity index (χ0n) is 12.4. The van der Waals surface area contributed by atoms with E-state index >= 15 is 0 Å². The maximum atomic E-state index is 12.0. The molecule has 2 aromatic heterocycles. The number of aryl methyl sites for hydroxylation is 1. The first-order valence-corrected chi connectivity index (χ1v) is 9.09. The van der Waals surface area contributed by atoms with Gasteiger partial charge in [-0.05, 0) is 43.3 Å². The molecule has 0 saturated heterocycles. The Morgan fingerprint density at radius 2 is 2.14 bits per heavy atom. The molecule has 0 aliphatic heterocycles. The van der Waals surface area contributed by atoms with Crippen LogP contribution >= 0.6 is 22.7 Å². The lowest BCUT2D eigenvalue weighted by atomic mass is 10.2. The van der Waals surface area contributed by atoms with Gasteiger partial charge in [0.2, 0.25) is 5.91 Å². The second kappa shape index (κ2) is 7.03. The molecule has 3 rings (SSSR count). The number of amides is 1. The van der Waals surface area contributed by atoms with E-state index in [-0.39, 0.29) is 11.9 Å². The Balaban J connectivity index is 1.47. The van der Waals surface area contributed by atoms with Gasteiger partial charge < -0.3 is 5.32 Å². The fourth-order valence-corrected chi connectivity index (χ4v) is 4.09. The first-order chi connectivity index (χ1) is 10.7. The molecule has 0 aliphatic rings. The highest BCUT2D eigenvalue weighted by atomic mass is 32.1. The van der Waals surface area contributed by atoms with Crippen LogP contribution in [0.1, 0.15) is 35.7 Å². The lowest BCUT2D eigenvalue weighted by molar-refractivity contribution is -0.121. The van der Waals surface area contributed by atoms with Crippen LogP contribution in [0.3, 0.4) is 0 Å². The van der Waals surface area contributed by atoms with E-state index in [4.69, 9.17) is 0 Å². The number of hydrogen-bond donors (Lipinski definition) is 1. The van der Waals surface area contributed by atoms with Crippen LogP contribution in [0.25, 0.3) is 10.2 Å². The van der Waals surface area contributed by atoms with E-state index < -0.39 is 0 Å². The molecule has 1 N–H and O–H groups in total. The molecule has 3 nitrogen and oxygen atoms in total. The zero-order chi connectivity index (χ0) is 15.4. The summed E-state index contributed by atoms with van der Waals surface area (Å²) in [5.41, 5.74) is 1.05. The molecule has 0 spiro atoms. The minimum absolute atomic E-state index is 0.0925. The lowest BCUT2D eigenvalue weighted by Crippen LogP contribution is -2.25. The highest BCUT2D eigenvalue weighted by Crippen LogP contribution is 2.23. The smallest absolute Gasteiger partial charge is 0.220 e. The summed E-state index contributed by atoms with van der Waals surface area (Å²) in [5.74, 6) is 0.113. The Hall–Kier alpha value is -1.72. The number of carbonyl (C=O) groups is 1. The van der Waals surface area contributed by atoms with Gasteiger partial charge in [0, 0.05) is 11.3 Å². The summed E-state index contributed by atoms with van der Waals surface area (Å²) in [4.78, 5) is 17.8. The van der Waals surface area contributed by atoms with Crippen molar-refractivity contribution < 1.29 is 4.79 Å². The van der Waals surface area contributed by atoms with Gasteiger partial charge in [0.05, 0.1) is 21.3 Å². The number of aromatic nitrogens is 1. The van der Waals surface area contributed by atoms with Gasteiger partial charge in [0.1, 0.15) is 0 Å². The molecular weight excluding hydrogens is 312 g/mol. The molecule has 22 heavy (non-hydrogen) atoms. The minimum Gasteiger partial charge on any atom is -0.349 e. The Morgan fingerprint density at radius 1 is 1.27 bits per heavy atom. The summed E-state index contributed by atoms with van der Waals surface area (Å²) >= 11 is 3.39. The molecule has 5 heteroatoms. The maximum absolute atomic E-state index is 12.0. The molecule has 0 saturated carbocycles. The number of fused-ring (bicyclic) bond motifs is 1. The van der Waals surface area contributed by atoms with E-state index in [0.717, 1.165) is 23.4 Å². The summed E-state index contributed by atoms with van der Waals surface area (Å²) in [5, 5.41) is 6.19. The Bertz CT molecular complexity index is 716. The van der Waals surface area contributed by atoms with Crippen molar-refractivity contribution in [1.29, 1.82) is 0 Å². The molecule has 0 bridgehead atoms. The van der Waals surface area contributed by atoms with Gasteiger partial charge in [0.25, 0.3) is 0 Å². The number of hydrogen-bond acceptors (Lipinski definition) is 4. The predicted molar refractivity (Wildman–Crippen MR) is 93.4 cm³/mol.